The Morgan fingerprint density at radius 1 is 1.03 bits per heavy atom. The van der Waals surface area contributed by atoms with Crippen molar-refractivity contribution in [1.82, 2.24) is 14.8 Å². The van der Waals surface area contributed by atoms with Crippen molar-refractivity contribution in [2.24, 2.45) is 7.05 Å². The predicted molar refractivity (Wildman–Crippen MR) is 120 cm³/mol. The number of nitrogens with zero attached hydrogens (tertiary/aromatic N) is 3. The average molecular weight is 478 g/mol. The number of aromatic nitrogens is 3. The Balaban J connectivity index is 1.56. The molecule has 3 rings (SSSR count). The van der Waals surface area contributed by atoms with Crippen LogP contribution in [-0.2, 0) is 29.2 Å². The Kier molecular flexibility index (Phi) is 7.42. The number of amides is 2. The summed E-state index contributed by atoms with van der Waals surface area (Å²) in [6, 6.07) is 10.1. The Morgan fingerprint density at radius 2 is 1.79 bits per heavy atom. The van der Waals surface area contributed by atoms with Crippen molar-refractivity contribution in [1.29, 1.82) is 0 Å². The molecule has 0 aliphatic carbocycles. The number of benzene rings is 2. The van der Waals surface area contributed by atoms with E-state index >= 15 is 0 Å². The minimum atomic E-state index is -4.50. The lowest BCUT2D eigenvalue weighted by Crippen LogP contribution is -2.18. The first kappa shape index (κ1) is 24.3. The van der Waals surface area contributed by atoms with E-state index in [0.717, 1.165) is 40.7 Å². The second-order valence-corrected chi connectivity index (χ2v) is 8.36. The second kappa shape index (κ2) is 10.1. The molecule has 0 atom stereocenters. The van der Waals surface area contributed by atoms with E-state index in [2.05, 4.69) is 20.8 Å². The smallest absolute Gasteiger partial charge is 0.326 e. The van der Waals surface area contributed by atoms with Gasteiger partial charge in [0.25, 0.3) is 0 Å². The van der Waals surface area contributed by atoms with Crippen molar-refractivity contribution in [3.63, 3.8) is 0 Å². The number of carbonyl (C=O) groups is 2. The third-order valence-corrected chi connectivity index (χ3v) is 5.73. The van der Waals surface area contributed by atoms with Crippen LogP contribution in [0.1, 0.15) is 22.5 Å². The lowest BCUT2D eigenvalue weighted by molar-refractivity contribution is -0.137. The molecule has 0 radical (unpaired) electrons. The standard InChI is InChI=1S/C22H22F3N5O2S/c1-13-7-8-17(14(2)9-13)27-20(32)12-33-21-29-28-18(30(21)3)11-19(31)26-16-6-4-5-15(10-16)22(23,24)25/h4-10H,11-12H2,1-3H3,(H,26,31)(H,27,32). The van der Waals surface area contributed by atoms with Gasteiger partial charge in [0.2, 0.25) is 11.8 Å². The molecule has 0 bridgehead atoms. The molecule has 0 spiro atoms. The van der Waals surface area contributed by atoms with Gasteiger partial charge in [0, 0.05) is 18.4 Å². The molecule has 0 saturated heterocycles. The summed E-state index contributed by atoms with van der Waals surface area (Å²) in [4.78, 5) is 24.6. The monoisotopic (exact) mass is 477 g/mol. The van der Waals surface area contributed by atoms with E-state index in [1.165, 1.54) is 12.1 Å². The molecule has 2 N–H and O–H groups in total. The van der Waals surface area contributed by atoms with Crippen LogP contribution in [0, 0.1) is 13.8 Å². The van der Waals surface area contributed by atoms with Crippen molar-refractivity contribution in [3.05, 3.63) is 65.0 Å². The molecule has 0 saturated carbocycles. The van der Waals surface area contributed by atoms with Gasteiger partial charge in [-0.25, -0.2) is 0 Å². The molecule has 0 aliphatic heterocycles. The Bertz CT molecular complexity index is 1180. The number of hydrogen-bond acceptors (Lipinski definition) is 5. The van der Waals surface area contributed by atoms with E-state index < -0.39 is 17.6 Å². The van der Waals surface area contributed by atoms with E-state index in [4.69, 9.17) is 0 Å². The number of anilines is 2. The maximum atomic E-state index is 12.8. The van der Waals surface area contributed by atoms with Gasteiger partial charge in [-0.3, -0.25) is 9.59 Å². The molecule has 11 heteroatoms. The topological polar surface area (TPSA) is 88.9 Å². The predicted octanol–water partition coefficient (Wildman–Crippen LogP) is 4.36. The van der Waals surface area contributed by atoms with Gasteiger partial charge in [-0.15, -0.1) is 10.2 Å². The molecule has 2 amide bonds. The molecule has 3 aromatic rings. The summed E-state index contributed by atoms with van der Waals surface area (Å²) >= 11 is 1.16. The molecule has 174 valence electrons. The summed E-state index contributed by atoms with van der Waals surface area (Å²) in [6.07, 6.45) is -4.68. The summed E-state index contributed by atoms with van der Waals surface area (Å²) in [7, 11) is 1.65. The highest BCUT2D eigenvalue weighted by Gasteiger charge is 2.30. The largest absolute Gasteiger partial charge is 0.416 e. The van der Waals surface area contributed by atoms with E-state index in [9.17, 15) is 22.8 Å². The summed E-state index contributed by atoms with van der Waals surface area (Å²) in [5.74, 6) is -0.333. The maximum absolute atomic E-state index is 12.8. The van der Waals surface area contributed by atoms with Crippen molar-refractivity contribution in [2.75, 3.05) is 16.4 Å². The van der Waals surface area contributed by atoms with Gasteiger partial charge >= 0.3 is 6.18 Å². The first-order valence-electron chi connectivity index (χ1n) is 9.88. The van der Waals surface area contributed by atoms with Gasteiger partial charge in [0.15, 0.2) is 5.16 Å². The van der Waals surface area contributed by atoms with Gasteiger partial charge < -0.3 is 15.2 Å². The van der Waals surface area contributed by atoms with E-state index in [-0.39, 0.29) is 23.8 Å². The summed E-state index contributed by atoms with van der Waals surface area (Å²) in [5.41, 5.74) is 1.98. The van der Waals surface area contributed by atoms with Crippen molar-refractivity contribution >= 4 is 35.0 Å². The highest BCUT2D eigenvalue weighted by atomic mass is 32.2. The molecule has 0 unspecified atom stereocenters. The van der Waals surface area contributed by atoms with Crippen LogP contribution in [-0.4, -0.2) is 32.3 Å². The number of rotatable bonds is 7. The number of hydrogen-bond donors (Lipinski definition) is 2. The summed E-state index contributed by atoms with van der Waals surface area (Å²) in [5, 5.41) is 13.7. The zero-order chi connectivity index (χ0) is 24.2. The minimum Gasteiger partial charge on any atom is -0.326 e. The number of aryl methyl sites for hydroxylation is 2. The second-order valence-electron chi connectivity index (χ2n) is 7.42. The van der Waals surface area contributed by atoms with Crippen LogP contribution < -0.4 is 10.6 Å². The molecular weight excluding hydrogens is 455 g/mol. The van der Waals surface area contributed by atoms with Crippen LogP contribution in [0.3, 0.4) is 0 Å². The molecular formula is C22H22F3N5O2S. The number of nitrogens with one attached hydrogen (secondary N) is 2. The van der Waals surface area contributed by atoms with Crippen LogP contribution in [0.15, 0.2) is 47.6 Å². The molecule has 1 heterocycles. The Labute approximate surface area is 192 Å². The first-order chi connectivity index (χ1) is 15.5. The number of carbonyl (C=O) groups excluding carboxylic acids is 2. The lowest BCUT2D eigenvalue weighted by atomic mass is 10.1. The Morgan fingerprint density at radius 3 is 2.48 bits per heavy atom. The van der Waals surface area contributed by atoms with Gasteiger partial charge in [-0.1, -0.05) is 35.5 Å². The third-order valence-electron chi connectivity index (χ3n) is 4.71. The van der Waals surface area contributed by atoms with Crippen LogP contribution in [0.4, 0.5) is 24.5 Å². The van der Waals surface area contributed by atoms with Crippen LogP contribution in [0.25, 0.3) is 0 Å². The maximum Gasteiger partial charge on any atom is 0.416 e. The molecule has 7 nitrogen and oxygen atoms in total. The van der Waals surface area contributed by atoms with Gasteiger partial charge in [0.05, 0.1) is 17.7 Å². The van der Waals surface area contributed by atoms with Crippen LogP contribution in [0.5, 0.6) is 0 Å². The fourth-order valence-corrected chi connectivity index (χ4v) is 3.75. The fourth-order valence-electron chi connectivity index (χ4n) is 3.02. The third kappa shape index (κ3) is 6.58. The normalized spacial score (nSPS) is 11.3. The molecule has 1 aromatic heterocycles. The molecule has 2 aromatic carbocycles. The zero-order valence-corrected chi connectivity index (χ0v) is 19.0. The fraction of sp³-hybridized carbons (Fsp3) is 0.273. The highest BCUT2D eigenvalue weighted by molar-refractivity contribution is 7.99. The molecule has 33 heavy (non-hydrogen) atoms. The first-order valence-corrected chi connectivity index (χ1v) is 10.9. The molecule has 0 fully saturated rings. The number of halogens is 3. The quantitative estimate of drug-likeness (QED) is 0.494. The number of alkyl halides is 3. The summed E-state index contributed by atoms with van der Waals surface area (Å²) < 4.78 is 40.1. The van der Waals surface area contributed by atoms with E-state index in [1.54, 1.807) is 11.6 Å². The van der Waals surface area contributed by atoms with Gasteiger partial charge in [0.1, 0.15) is 5.82 Å². The van der Waals surface area contributed by atoms with Crippen molar-refractivity contribution in [3.8, 4) is 0 Å². The summed E-state index contributed by atoms with van der Waals surface area (Å²) in [6.45, 7) is 3.88. The highest BCUT2D eigenvalue weighted by Crippen LogP contribution is 2.30. The van der Waals surface area contributed by atoms with Gasteiger partial charge in [-0.2, -0.15) is 13.2 Å². The minimum absolute atomic E-state index is 0.0367. The van der Waals surface area contributed by atoms with E-state index in [0.29, 0.717) is 11.0 Å². The SMILES string of the molecule is Cc1ccc(NC(=O)CSc2nnc(CC(=O)Nc3cccc(C(F)(F)F)c3)n2C)c(C)c1. The average Bonchev–Trinajstić information content (AvgIpc) is 3.07. The lowest BCUT2D eigenvalue weighted by Gasteiger charge is -2.10. The number of thioether (sulfide) groups is 1. The van der Waals surface area contributed by atoms with Crippen molar-refractivity contribution < 1.29 is 22.8 Å². The molecule has 0 aliphatic rings. The Hall–Kier alpha value is -3.34. The van der Waals surface area contributed by atoms with E-state index in [1.807, 2.05) is 32.0 Å². The van der Waals surface area contributed by atoms with Crippen molar-refractivity contribution in [2.45, 2.75) is 31.6 Å². The van der Waals surface area contributed by atoms with Crippen LogP contribution >= 0.6 is 11.8 Å². The van der Waals surface area contributed by atoms with Gasteiger partial charge in [-0.05, 0) is 43.7 Å². The van der Waals surface area contributed by atoms with Crippen LogP contribution in [0.2, 0.25) is 0 Å². The zero-order valence-electron chi connectivity index (χ0n) is 18.2.